The monoisotopic (exact) mass is 395 g/mol. The van der Waals surface area contributed by atoms with Gasteiger partial charge in [0.1, 0.15) is 5.69 Å². The smallest absolute Gasteiger partial charge is 0.273 e. The Morgan fingerprint density at radius 1 is 0.933 bits per heavy atom. The van der Waals surface area contributed by atoms with Gasteiger partial charge in [0, 0.05) is 25.0 Å². The Bertz CT molecular complexity index is 1260. The molecular weight excluding hydrogens is 374 g/mol. The first-order valence-corrected chi connectivity index (χ1v) is 9.85. The first-order chi connectivity index (χ1) is 14.6. The zero-order chi connectivity index (χ0) is 20.7. The predicted molar refractivity (Wildman–Crippen MR) is 117 cm³/mol. The molecule has 6 nitrogen and oxygen atoms in total. The van der Waals surface area contributed by atoms with Crippen molar-refractivity contribution in [2.45, 2.75) is 19.6 Å². The molecule has 0 saturated carbocycles. The molecule has 0 spiro atoms. The number of aromatic nitrogens is 2. The fraction of sp³-hybridized carbons (Fsp3) is 0.125. The lowest BCUT2D eigenvalue weighted by atomic mass is 9.97. The summed E-state index contributed by atoms with van der Waals surface area (Å²) in [6.45, 7) is 1.57. The van der Waals surface area contributed by atoms with Gasteiger partial charge in [-0.15, -0.1) is 0 Å². The first-order valence-electron chi connectivity index (χ1n) is 9.85. The van der Waals surface area contributed by atoms with Crippen molar-refractivity contribution in [1.82, 2.24) is 14.9 Å². The summed E-state index contributed by atoms with van der Waals surface area (Å²) in [5, 5.41) is 0.689. The number of hydrogen-bond donors (Lipinski definition) is 2. The molecule has 1 amide bonds. The van der Waals surface area contributed by atoms with E-state index in [-0.39, 0.29) is 11.9 Å². The summed E-state index contributed by atoms with van der Waals surface area (Å²) in [5.41, 5.74) is 18.2. The summed E-state index contributed by atoms with van der Waals surface area (Å²) >= 11 is 0. The Morgan fingerprint density at radius 3 is 2.37 bits per heavy atom. The van der Waals surface area contributed by atoms with Gasteiger partial charge in [0.2, 0.25) is 5.95 Å². The number of anilines is 1. The van der Waals surface area contributed by atoms with Crippen LogP contribution in [0.5, 0.6) is 0 Å². The van der Waals surface area contributed by atoms with E-state index >= 15 is 0 Å². The summed E-state index contributed by atoms with van der Waals surface area (Å²) in [7, 11) is 0. The summed E-state index contributed by atoms with van der Waals surface area (Å²) in [5.74, 6) is -0.0489. The lowest BCUT2D eigenvalue weighted by Crippen LogP contribution is -2.27. The molecule has 5 rings (SSSR count). The third-order valence-corrected chi connectivity index (χ3v) is 5.59. The van der Waals surface area contributed by atoms with E-state index in [4.69, 9.17) is 11.5 Å². The Kier molecular flexibility index (Phi) is 4.41. The highest BCUT2D eigenvalue weighted by Gasteiger charge is 2.27. The Hall–Kier alpha value is -3.77. The fourth-order valence-electron chi connectivity index (χ4n) is 4.08. The average molecular weight is 395 g/mol. The maximum Gasteiger partial charge on any atom is 0.273 e. The average Bonchev–Trinajstić information content (AvgIpc) is 3.22. The SMILES string of the molecule is NCc1ccccc1-c1ccc2nc(N)nc(C(=O)N3Cc4ccccc4C3)c2c1. The van der Waals surface area contributed by atoms with E-state index in [9.17, 15) is 4.79 Å². The molecule has 3 aromatic carbocycles. The van der Waals surface area contributed by atoms with Crippen molar-refractivity contribution in [1.29, 1.82) is 0 Å². The molecule has 0 saturated heterocycles. The minimum atomic E-state index is -0.144. The number of carbonyl (C=O) groups excluding carboxylic acids is 1. The Morgan fingerprint density at radius 2 is 1.63 bits per heavy atom. The van der Waals surface area contributed by atoms with Crippen molar-refractivity contribution in [3.63, 3.8) is 0 Å². The van der Waals surface area contributed by atoms with Crippen LogP contribution >= 0.6 is 0 Å². The summed E-state index contributed by atoms with van der Waals surface area (Å²) in [6, 6.07) is 21.9. The van der Waals surface area contributed by atoms with Gasteiger partial charge in [0.05, 0.1) is 5.52 Å². The topological polar surface area (TPSA) is 98.1 Å². The highest BCUT2D eigenvalue weighted by molar-refractivity contribution is 6.05. The molecule has 6 heteroatoms. The van der Waals surface area contributed by atoms with Gasteiger partial charge in [0.15, 0.2) is 0 Å². The number of rotatable bonds is 3. The van der Waals surface area contributed by atoms with Crippen LogP contribution in [-0.4, -0.2) is 20.8 Å². The largest absolute Gasteiger partial charge is 0.368 e. The predicted octanol–water partition coefficient (Wildman–Crippen LogP) is 3.49. The minimum Gasteiger partial charge on any atom is -0.368 e. The van der Waals surface area contributed by atoms with Crippen molar-refractivity contribution in [2.75, 3.05) is 5.73 Å². The number of nitrogen functional groups attached to an aromatic ring is 1. The van der Waals surface area contributed by atoms with Gasteiger partial charge in [-0.05, 0) is 39.9 Å². The molecule has 4 aromatic rings. The van der Waals surface area contributed by atoms with Crippen LogP contribution < -0.4 is 11.5 Å². The number of carbonyl (C=O) groups is 1. The van der Waals surface area contributed by atoms with E-state index in [0.29, 0.717) is 36.2 Å². The van der Waals surface area contributed by atoms with Crippen LogP contribution in [0.25, 0.3) is 22.0 Å². The van der Waals surface area contributed by atoms with Crippen LogP contribution in [0.3, 0.4) is 0 Å². The third kappa shape index (κ3) is 3.07. The zero-order valence-electron chi connectivity index (χ0n) is 16.4. The number of hydrogen-bond acceptors (Lipinski definition) is 5. The van der Waals surface area contributed by atoms with E-state index < -0.39 is 0 Å². The maximum absolute atomic E-state index is 13.4. The molecule has 1 aliphatic heterocycles. The number of amides is 1. The van der Waals surface area contributed by atoms with E-state index in [2.05, 4.69) is 22.1 Å². The molecule has 0 atom stereocenters. The summed E-state index contributed by atoms with van der Waals surface area (Å²) in [4.78, 5) is 23.9. The Labute approximate surface area is 174 Å². The molecule has 4 N–H and O–H groups in total. The molecule has 0 bridgehead atoms. The highest BCUT2D eigenvalue weighted by Crippen LogP contribution is 2.30. The normalized spacial score (nSPS) is 12.9. The number of nitrogens with zero attached hydrogens (tertiary/aromatic N) is 3. The van der Waals surface area contributed by atoms with Gasteiger partial charge in [0.25, 0.3) is 5.91 Å². The van der Waals surface area contributed by atoms with Crippen LogP contribution in [0.15, 0.2) is 66.7 Å². The molecule has 148 valence electrons. The standard InChI is InChI=1S/C24H21N5O/c25-12-16-5-3-4-8-19(16)15-9-10-21-20(11-15)22(28-24(26)27-21)23(30)29-13-17-6-1-2-7-18(17)14-29/h1-11H,12-14,25H2,(H2,26,27,28). The van der Waals surface area contributed by atoms with Gasteiger partial charge in [-0.1, -0.05) is 54.6 Å². The molecule has 0 fully saturated rings. The molecule has 1 aromatic heterocycles. The van der Waals surface area contributed by atoms with Crippen molar-refractivity contribution >= 4 is 22.8 Å². The number of fused-ring (bicyclic) bond motifs is 2. The van der Waals surface area contributed by atoms with Gasteiger partial charge in [-0.25, -0.2) is 9.97 Å². The van der Waals surface area contributed by atoms with Gasteiger partial charge < -0.3 is 16.4 Å². The summed E-state index contributed by atoms with van der Waals surface area (Å²) < 4.78 is 0. The maximum atomic E-state index is 13.4. The van der Waals surface area contributed by atoms with Crippen LogP contribution in [-0.2, 0) is 19.6 Å². The third-order valence-electron chi connectivity index (χ3n) is 5.59. The van der Waals surface area contributed by atoms with E-state index in [1.165, 1.54) is 0 Å². The van der Waals surface area contributed by atoms with Crippen LogP contribution in [0.1, 0.15) is 27.2 Å². The highest BCUT2D eigenvalue weighted by atomic mass is 16.2. The molecule has 0 aliphatic carbocycles. The molecule has 0 radical (unpaired) electrons. The number of benzene rings is 3. The van der Waals surface area contributed by atoms with E-state index in [1.807, 2.05) is 54.6 Å². The Balaban J connectivity index is 1.60. The van der Waals surface area contributed by atoms with Crippen molar-refractivity contribution < 1.29 is 4.79 Å². The zero-order valence-corrected chi connectivity index (χ0v) is 16.4. The second-order valence-corrected chi connectivity index (χ2v) is 7.45. The second kappa shape index (κ2) is 7.24. The molecule has 1 aliphatic rings. The molecule has 30 heavy (non-hydrogen) atoms. The van der Waals surface area contributed by atoms with Gasteiger partial charge in [-0.3, -0.25) is 4.79 Å². The van der Waals surface area contributed by atoms with Gasteiger partial charge in [-0.2, -0.15) is 0 Å². The number of nitrogens with two attached hydrogens (primary N) is 2. The second-order valence-electron chi connectivity index (χ2n) is 7.45. The van der Waals surface area contributed by atoms with E-state index in [1.54, 1.807) is 4.90 Å². The minimum absolute atomic E-state index is 0.0951. The van der Waals surface area contributed by atoms with Crippen molar-refractivity contribution in [3.05, 3.63) is 89.1 Å². The first kappa shape index (κ1) is 18.3. The van der Waals surface area contributed by atoms with Crippen LogP contribution in [0.2, 0.25) is 0 Å². The van der Waals surface area contributed by atoms with Crippen LogP contribution in [0, 0.1) is 0 Å². The summed E-state index contributed by atoms with van der Waals surface area (Å²) in [6.07, 6.45) is 0. The molecular formula is C24H21N5O. The lowest BCUT2D eigenvalue weighted by Gasteiger charge is -2.17. The quantitative estimate of drug-likeness (QED) is 0.553. The fourth-order valence-corrected chi connectivity index (χ4v) is 4.08. The lowest BCUT2D eigenvalue weighted by molar-refractivity contribution is 0.0747. The van der Waals surface area contributed by atoms with Crippen molar-refractivity contribution in [3.8, 4) is 11.1 Å². The van der Waals surface area contributed by atoms with Crippen LogP contribution in [0.4, 0.5) is 5.95 Å². The van der Waals surface area contributed by atoms with E-state index in [0.717, 1.165) is 27.8 Å². The van der Waals surface area contributed by atoms with Gasteiger partial charge >= 0.3 is 0 Å². The molecule has 2 heterocycles. The van der Waals surface area contributed by atoms with Crippen molar-refractivity contribution in [2.24, 2.45) is 5.73 Å². The molecule has 0 unspecified atom stereocenters.